The Bertz CT molecular complexity index is 1070. The van der Waals surface area contributed by atoms with E-state index < -0.39 is 10.0 Å². The maximum absolute atomic E-state index is 13.0. The molecule has 1 aromatic carbocycles. The van der Waals surface area contributed by atoms with Crippen molar-refractivity contribution in [3.05, 3.63) is 29.0 Å². The van der Waals surface area contributed by atoms with Crippen molar-refractivity contribution in [1.82, 2.24) is 14.6 Å². The Labute approximate surface area is 173 Å². The first-order valence-corrected chi connectivity index (χ1v) is 12.0. The number of fused-ring (bicyclic) bond motifs is 3. The summed E-state index contributed by atoms with van der Waals surface area (Å²) in [4.78, 5) is 18.7. The van der Waals surface area contributed by atoms with E-state index in [9.17, 15) is 13.2 Å². The number of carbonyl (C=O) groups is 1. The molecule has 1 aromatic heterocycles. The minimum absolute atomic E-state index is 0.0805. The number of nitrogens with zero attached hydrogens (tertiary/aromatic N) is 1. The van der Waals surface area contributed by atoms with Gasteiger partial charge >= 0.3 is 0 Å². The van der Waals surface area contributed by atoms with Crippen molar-refractivity contribution in [3.8, 4) is 0 Å². The molecule has 2 aliphatic rings. The molecule has 7 heteroatoms. The smallest absolute Gasteiger partial charge is 0.240 e. The molecule has 6 nitrogen and oxygen atoms in total. The SMILES string of the molecule is CCN1CCCC1CNS(=O)(=O)c1cc2[nH]c3c(c2cc1C)C(=O)CC(C)(C)C3. The van der Waals surface area contributed by atoms with Gasteiger partial charge < -0.3 is 4.98 Å². The van der Waals surface area contributed by atoms with Crippen LogP contribution in [0.4, 0.5) is 0 Å². The lowest BCUT2D eigenvalue weighted by Crippen LogP contribution is -2.40. The van der Waals surface area contributed by atoms with Gasteiger partial charge in [-0.2, -0.15) is 0 Å². The molecular formula is C22H31N3O3S. The highest BCUT2D eigenvalue weighted by atomic mass is 32.2. The molecule has 0 radical (unpaired) electrons. The van der Waals surface area contributed by atoms with Gasteiger partial charge in [0.1, 0.15) is 0 Å². The predicted molar refractivity (Wildman–Crippen MR) is 115 cm³/mol. The average molecular weight is 418 g/mol. The number of hydrogen-bond donors (Lipinski definition) is 2. The Morgan fingerprint density at radius 2 is 2.03 bits per heavy atom. The number of Topliss-reactive ketones (excluding diaryl/α,β-unsaturated/α-hetero) is 1. The summed E-state index contributed by atoms with van der Waals surface area (Å²) in [5.41, 5.74) is 2.98. The Morgan fingerprint density at radius 3 is 2.76 bits per heavy atom. The molecule has 29 heavy (non-hydrogen) atoms. The second-order valence-corrected chi connectivity index (χ2v) is 11.1. The van der Waals surface area contributed by atoms with Gasteiger partial charge in [0.2, 0.25) is 10.0 Å². The van der Waals surface area contributed by atoms with Gasteiger partial charge in [0.15, 0.2) is 5.78 Å². The van der Waals surface area contributed by atoms with Gasteiger partial charge in [0.25, 0.3) is 0 Å². The second kappa shape index (κ2) is 7.22. The van der Waals surface area contributed by atoms with Crippen LogP contribution >= 0.6 is 0 Å². The number of ketones is 1. The van der Waals surface area contributed by atoms with Crippen molar-refractivity contribution < 1.29 is 13.2 Å². The van der Waals surface area contributed by atoms with Gasteiger partial charge in [-0.05, 0) is 62.4 Å². The van der Waals surface area contributed by atoms with Crippen LogP contribution in [0.3, 0.4) is 0 Å². The highest BCUT2D eigenvalue weighted by molar-refractivity contribution is 7.89. The fourth-order valence-electron chi connectivity index (χ4n) is 5.02. The third kappa shape index (κ3) is 3.76. The molecule has 4 rings (SSSR count). The van der Waals surface area contributed by atoms with Gasteiger partial charge in [0.05, 0.1) is 4.90 Å². The third-order valence-corrected chi connectivity index (χ3v) is 8.01. The van der Waals surface area contributed by atoms with Crippen molar-refractivity contribution in [2.45, 2.75) is 64.3 Å². The number of aromatic nitrogens is 1. The first-order chi connectivity index (χ1) is 13.6. The monoisotopic (exact) mass is 417 g/mol. The lowest BCUT2D eigenvalue weighted by Gasteiger charge is -2.28. The van der Waals surface area contributed by atoms with Crippen LogP contribution in [-0.4, -0.2) is 49.8 Å². The average Bonchev–Trinajstić information content (AvgIpc) is 3.21. The van der Waals surface area contributed by atoms with E-state index in [4.69, 9.17) is 0 Å². The Kier molecular flexibility index (Phi) is 5.12. The van der Waals surface area contributed by atoms with Crippen LogP contribution in [0, 0.1) is 12.3 Å². The Balaban J connectivity index is 1.66. The number of benzene rings is 1. The van der Waals surface area contributed by atoms with Crippen LogP contribution < -0.4 is 4.72 Å². The van der Waals surface area contributed by atoms with E-state index in [1.807, 2.05) is 6.07 Å². The molecule has 1 saturated heterocycles. The summed E-state index contributed by atoms with van der Waals surface area (Å²) in [5, 5.41) is 0.838. The predicted octanol–water partition coefficient (Wildman–Crippen LogP) is 3.39. The number of sulfonamides is 1. The Hall–Kier alpha value is -1.70. The van der Waals surface area contributed by atoms with Crippen LogP contribution in [0.2, 0.25) is 0 Å². The summed E-state index contributed by atoms with van der Waals surface area (Å²) < 4.78 is 28.9. The van der Waals surface area contributed by atoms with Crippen molar-refractivity contribution in [3.63, 3.8) is 0 Å². The summed E-state index contributed by atoms with van der Waals surface area (Å²) in [5.74, 6) is 0.136. The molecule has 1 unspecified atom stereocenters. The third-order valence-electron chi connectivity index (χ3n) is 6.45. The zero-order valence-corrected chi connectivity index (χ0v) is 18.6. The minimum atomic E-state index is -3.62. The molecule has 1 aliphatic heterocycles. The van der Waals surface area contributed by atoms with Crippen LogP contribution in [0.25, 0.3) is 10.9 Å². The van der Waals surface area contributed by atoms with E-state index in [1.54, 1.807) is 13.0 Å². The molecule has 158 valence electrons. The number of likely N-dealkylation sites (N-methyl/N-ethyl adjacent to an activating group) is 1. The zero-order chi connectivity index (χ0) is 21.0. The van der Waals surface area contributed by atoms with E-state index >= 15 is 0 Å². The number of aromatic amines is 1. The maximum atomic E-state index is 13.0. The van der Waals surface area contributed by atoms with Crippen LogP contribution in [-0.2, 0) is 16.4 Å². The number of hydrogen-bond acceptors (Lipinski definition) is 4. The number of likely N-dealkylation sites (tertiary alicyclic amines) is 1. The summed E-state index contributed by atoms with van der Waals surface area (Å²) in [6.45, 7) is 10.5. The number of rotatable bonds is 5. The van der Waals surface area contributed by atoms with E-state index in [0.29, 0.717) is 18.5 Å². The lowest BCUT2D eigenvalue weighted by molar-refractivity contribution is 0.0913. The molecule has 1 fully saturated rings. The maximum Gasteiger partial charge on any atom is 0.240 e. The van der Waals surface area contributed by atoms with Crippen molar-refractivity contribution in [1.29, 1.82) is 0 Å². The highest BCUT2D eigenvalue weighted by Crippen LogP contribution is 2.39. The van der Waals surface area contributed by atoms with E-state index in [-0.39, 0.29) is 22.1 Å². The Morgan fingerprint density at radius 1 is 1.28 bits per heavy atom. The standard InChI is InChI=1S/C22H31N3O3S/c1-5-25-8-6-7-15(25)13-23-29(27,28)20-10-17-16(9-14(20)2)21-18(24-17)11-22(3,4)12-19(21)26/h9-10,15,23-24H,5-8,11-13H2,1-4H3. The molecule has 1 atom stereocenters. The topological polar surface area (TPSA) is 82.3 Å². The van der Waals surface area contributed by atoms with Gasteiger partial charge in [0, 0.05) is 41.2 Å². The first-order valence-electron chi connectivity index (χ1n) is 10.5. The summed E-state index contributed by atoms with van der Waals surface area (Å²) in [6, 6.07) is 3.80. The summed E-state index contributed by atoms with van der Waals surface area (Å²) >= 11 is 0. The normalized spacial score (nSPS) is 22.3. The van der Waals surface area contributed by atoms with Gasteiger partial charge in [-0.1, -0.05) is 20.8 Å². The minimum Gasteiger partial charge on any atom is -0.358 e. The van der Waals surface area contributed by atoms with Gasteiger partial charge in [-0.25, -0.2) is 13.1 Å². The van der Waals surface area contributed by atoms with Crippen LogP contribution in [0.15, 0.2) is 17.0 Å². The summed E-state index contributed by atoms with van der Waals surface area (Å²) in [7, 11) is -3.62. The van der Waals surface area contributed by atoms with Crippen molar-refractivity contribution >= 4 is 26.7 Å². The molecular weight excluding hydrogens is 386 g/mol. The molecule has 1 aliphatic carbocycles. The molecule has 0 amide bonds. The number of aryl methyl sites for hydroxylation is 1. The number of carbonyl (C=O) groups excluding carboxylic acids is 1. The number of H-pyrrole nitrogens is 1. The fraction of sp³-hybridized carbons (Fsp3) is 0.591. The first kappa shape index (κ1) is 20.6. The lowest BCUT2D eigenvalue weighted by atomic mass is 9.76. The van der Waals surface area contributed by atoms with Crippen molar-refractivity contribution in [2.75, 3.05) is 19.6 Å². The molecule has 0 bridgehead atoms. The van der Waals surface area contributed by atoms with Gasteiger partial charge in [-0.15, -0.1) is 0 Å². The van der Waals surface area contributed by atoms with E-state index in [0.717, 1.165) is 54.5 Å². The zero-order valence-electron chi connectivity index (χ0n) is 17.8. The molecule has 0 saturated carbocycles. The fourth-order valence-corrected chi connectivity index (χ4v) is 6.34. The number of nitrogens with one attached hydrogen (secondary N) is 2. The molecule has 2 aromatic rings. The molecule has 2 N–H and O–H groups in total. The largest absolute Gasteiger partial charge is 0.358 e. The van der Waals surface area contributed by atoms with Gasteiger partial charge in [-0.3, -0.25) is 9.69 Å². The highest BCUT2D eigenvalue weighted by Gasteiger charge is 2.34. The van der Waals surface area contributed by atoms with Crippen molar-refractivity contribution in [2.24, 2.45) is 5.41 Å². The van der Waals surface area contributed by atoms with Crippen LogP contribution in [0.1, 0.15) is 61.6 Å². The molecule has 0 spiro atoms. The second-order valence-electron chi connectivity index (χ2n) is 9.36. The quantitative estimate of drug-likeness (QED) is 0.781. The summed E-state index contributed by atoms with van der Waals surface area (Å²) in [6.07, 6.45) is 3.44. The van der Waals surface area contributed by atoms with E-state index in [2.05, 4.69) is 35.4 Å². The van der Waals surface area contributed by atoms with E-state index in [1.165, 1.54) is 0 Å². The molecule has 2 heterocycles. The van der Waals surface area contributed by atoms with Crippen LogP contribution in [0.5, 0.6) is 0 Å².